The number of urea groups is 1. The van der Waals surface area contributed by atoms with Gasteiger partial charge in [0, 0.05) is 44.5 Å². The highest BCUT2D eigenvalue weighted by Gasteiger charge is 2.34. The fraction of sp³-hybridized carbons (Fsp3) is 0.417. The number of halogens is 3. The van der Waals surface area contributed by atoms with E-state index in [1.54, 1.807) is 29.4 Å². The molecule has 0 spiro atoms. The second kappa shape index (κ2) is 9.73. The van der Waals surface area contributed by atoms with Gasteiger partial charge in [-0.15, -0.1) is 0 Å². The first-order valence-electron chi connectivity index (χ1n) is 10.8. The van der Waals surface area contributed by atoms with E-state index in [-0.39, 0.29) is 17.9 Å². The van der Waals surface area contributed by atoms with Crippen molar-refractivity contribution < 1.29 is 22.7 Å². The van der Waals surface area contributed by atoms with Gasteiger partial charge in [-0.25, -0.2) is 4.79 Å². The summed E-state index contributed by atoms with van der Waals surface area (Å²) < 4.78 is 44.3. The minimum atomic E-state index is -4.36. The fourth-order valence-corrected chi connectivity index (χ4v) is 4.30. The number of rotatable bonds is 3. The van der Waals surface area contributed by atoms with Crippen LogP contribution in [0.15, 0.2) is 54.9 Å². The van der Waals surface area contributed by atoms with Crippen LogP contribution in [0.2, 0.25) is 0 Å². The highest BCUT2D eigenvalue weighted by molar-refractivity contribution is 5.75. The minimum absolute atomic E-state index is 0.0350. The minimum Gasteiger partial charge on any atom is -0.378 e. The number of morpholine rings is 1. The molecule has 3 heterocycles. The van der Waals surface area contributed by atoms with Gasteiger partial charge in [-0.3, -0.25) is 4.98 Å². The van der Waals surface area contributed by atoms with Crippen molar-refractivity contribution in [3.63, 3.8) is 0 Å². The number of hydrogen-bond donors (Lipinski definition) is 0. The molecule has 2 unspecified atom stereocenters. The molecule has 8 heteroatoms. The molecule has 2 saturated heterocycles. The SMILES string of the molecule is O=C(N1CCOCC1)N1CC(/C=C/c2ccncc2)CC(c2ccc(C(F)(F)F)cc2)C1. The zero-order valence-corrected chi connectivity index (χ0v) is 17.7. The van der Waals surface area contributed by atoms with Gasteiger partial charge in [0.05, 0.1) is 18.8 Å². The van der Waals surface area contributed by atoms with E-state index in [1.165, 1.54) is 0 Å². The Morgan fingerprint density at radius 2 is 1.69 bits per heavy atom. The summed E-state index contributed by atoms with van der Waals surface area (Å²) in [5.74, 6) is 0.0531. The van der Waals surface area contributed by atoms with E-state index < -0.39 is 11.7 Å². The van der Waals surface area contributed by atoms with Crippen LogP contribution in [-0.4, -0.2) is 60.2 Å². The number of alkyl halides is 3. The summed E-state index contributed by atoms with van der Waals surface area (Å²) in [6.45, 7) is 3.21. The van der Waals surface area contributed by atoms with Crippen LogP contribution in [0.1, 0.15) is 29.0 Å². The van der Waals surface area contributed by atoms with Gasteiger partial charge in [0.25, 0.3) is 0 Å². The van der Waals surface area contributed by atoms with Gasteiger partial charge in [-0.1, -0.05) is 24.3 Å². The molecule has 0 bridgehead atoms. The molecule has 2 fully saturated rings. The van der Waals surface area contributed by atoms with Gasteiger partial charge in [0.2, 0.25) is 0 Å². The lowest BCUT2D eigenvalue weighted by atomic mass is 9.84. The Kier molecular flexibility index (Phi) is 6.79. The van der Waals surface area contributed by atoms with Crippen molar-refractivity contribution in [1.82, 2.24) is 14.8 Å². The van der Waals surface area contributed by atoms with Crippen LogP contribution in [0, 0.1) is 5.92 Å². The molecule has 0 radical (unpaired) electrons. The molecule has 0 N–H and O–H groups in total. The lowest BCUT2D eigenvalue weighted by molar-refractivity contribution is -0.137. The summed E-state index contributed by atoms with van der Waals surface area (Å²) in [6, 6.07) is 9.11. The van der Waals surface area contributed by atoms with Crippen LogP contribution in [0.5, 0.6) is 0 Å². The summed E-state index contributed by atoms with van der Waals surface area (Å²) in [5, 5.41) is 0. The van der Waals surface area contributed by atoms with E-state index >= 15 is 0 Å². The maximum atomic E-state index is 13.2. The van der Waals surface area contributed by atoms with Crippen LogP contribution >= 0.6 is 0 Å². The molecular weight excluding hydrogens is 419 g/mol. The van der Waals surface area contributed by atoms with Crippen molar-refractivity contribution in [3.8, 4) is 0 Å². The van der Waals surface area contributed by atoms with Gasteiger partial charge in [0.15, 0.2) is 0 Å². The average molecular weight is 445 g/mol. The Hall–Kier alpha value is -2.87. The lowest BCUT2D eigenvalue weighted by Gasteiger charge is -2.40. The van der Waals surface area contributed by atoms with E-state index in [2.05, 4.69) is 11.1 Å². The normalized spacial score (nSPS) is 22.3. The van der Waals surface area contributed by atoms with E-state index in [9.17, 15) is 18.0 Å². The second-order valence-electron chi connectivity index (χ2n) is 8.24. The maximum Gasteiger partial charge on any atom is 0.416 e. The fourth-order valence-electron chi connectivity index (χ4n) is 4.30. The number of carbonyl (C=O) groups excluding carboxylic acids is 1. The lowest BCUT2D eigenvalue weighted by Crippen LogP contribution is -2.52. The molecule has 2 atom stereocenters. The van der Waals surface area contributed by atoms with Crippen molar-refractivity contribution in [2.75, 3.05) is 39.4 Å². The molecule has 0 saturated carbocycles. The van der Waals surface area contributed by atoms with Crippen molar-refractivity contribution in [2.24, 2.45) is 5.92 Å². The Bertz CT molecular complexity index is 926. The smallest absolute Gasteiger partial charge is 0.378 e. The number of likely N-dealkylation sites (tertiary alicyclic amines) is 1. The highest BCUT2D eigenvalue weighted by Crippen LogP contribution is 2.34. The molecule has 2 aromatic rings. The highest BCUT2D eigenvalue weighted by atomic mass is 19.4. The molecule has 4 rings (SSSR count). The number of ether oxygens (including phenoxy) is 1. The summed E-state index contributed by atoms with van der Waals surface area (Å²) in [4.78, 5) is 20.8. The molecule has 0 aliphatic carbocycles. The molecule has 1 aromatic heterocycles. The van der Waals surface area contributed by atoms with Crippen molar-refractivity contribution in [2.45, 2.75) is 18.5 Å². The number of nitrogens with zero attached hydrogens (tertiary/aromatic N) is 3. The van der Waals surface area contributed by atoms with Gasteiger partial charge in [-0.05, 0) is 47.7 Å². The molecule has 2 aliphatic heterocycles. The Balaban J connectivity index is 1.54. The first-order valence-corrected chi connectivity index (χ1v) is 10.8. The van der Waals surface area contributed by atoms with Crippen molar-refractivity contribution in [3.05, 3.63) is 71.6 Å². The first kappa shape index (κ1) is 22.3. The molecule has 2 amide bonds. The Morgan fingerprint density at radius 1 is 1.00 bits per heavy atom. The monoisotopic (exact) mass is 445 g/mol. The average Bonchev–Trinajstić information content (AvgIpc) is 2.83. The van der Waals surface area contributed by atoms with Gasteiger partial charge in [0.1, 0.15) is 0 Å². The molecule has 2 aliphatic rings. The number of benzene rings is 1. The van der Waals surface area contributed by atoms with Gasteiger partial charge < -0.3 is 14.5 Å². The Labute approximate surface area is 185 Å². The van der Waals surface area contributed by atoms with Crippen molar-refractivity contribution in [1.29, 1.82) is 0 Å². The summed E-state index contributed by atoms with van der Waals surface area (Å²) in [7, 11) is 0. The molecule has 170 valence electrons. The number of hydrogen-bond acceptors (Lipinski definition) is 3. The van der Waals surface area contributed by atoms with E-state index in [4.69, 9.17) is 4.74 Å². The van der Waals surface area contributed by atoms with Gasteiger partial charge in [-0.2, -0.15) is 13.2 Å². The molecule has 5 nitrogen and oxygen atoms in total. The largest absolute Gasteiger partial charge is 0.416 e. The third kappa shape index (κ3) is 5.48. The predicted molar refractivity (Wildman–Crippen MR) is 115 cm³/mol. The molecular formula is C24H26F3N3O2. The van der Waals surface area contributed by atoms with Crippen molar-refractivity contribution >= 4 is 12.1 Å². The second-order valence-corrected chi connectivity index (χ2v) is 8.24. The van der Waals surface area contributed by atoms with Crippen LogP contribution in [-0.2, 0) is 10.9 Å². The zero-order valence-electron chi connectivity index (χ0n) is 17.7. The molecule has 1 aromatic carbocycles. The summed E-state index contributed by atoms with van der Waals surface area (Å²) in [5.41, 5.74) is 1.18. The van der Waals surface area contributed by atoms with E-state index in [0.717, 1.165) is 29.7 Å². The van der Waals surface area contributed by atoms with E-state index in [1.807, 2.05) is 23.1 Å². The quantitative estimate of drug-likeness (QED) is 0.690. The van der Waals surface area contributed by atoms with Crippen LogP contribution < -0.4 is 0 Å². The van der Waals surface area contributed by atoms with Crippen LogP contribution in [0.3, 0.4) is 0 Å². The van der Waals surface area contributed by atoms with Gasteiger partial charge >= 0.3 is 12.2 Å². The number of aromatic nitrogens is 1. The van der Waals surface area contributed by atoms with Crippen LogP contribution in [0.4, 0.5) is 18.0 Å². The standard InChI is InChI=1S/C24H26F3N3O2/c25-24(26,27)22-5-3-20(4-6-22)21-15-19(2-1-18-7-9-28-10-8-18)16-30(17-21)23(31)29-11-13-32-14-12-29/h1-10,19,21H,11-17H2/b2-1+. The Morgan fingerprint density at radius 3 is 2.34 bits per heavy atom. The predicted octanol–water partition coefficient (Wildman–Crippen LogP) is 4.67. The third-order valence-corrected chi connectivity index (χ3v) is 6.01. The molecule has 32 heavy (non-hydrogen) atoms. The third-order valence-electron chi connectivity index (χ3n) is 6.01. The number of carbonyl (C=O) groups is 1. The summed E-state index contributed by atoms with van der Waals surface area (Å²) >= 11 is 0. The number of amides is 2. The summed E-state index contributed by atoms with van der Waals surface area (Å²) in [6.07, 6.45) is 3.95. The number of pyridine rings is 1. The zero-order chi connectivity index (χ0) is 22.6. The maximum absolute atomic E-state index is 13.2. The first-order chi connectivity index (χ1) is 15.4. The van der Waals surface area contributed by atoms with Crippen LogP contribution in [0.25, 0.3) is 6.08 Å². The van der Waals surface area contributed by atoms with E-state index in [0.29, 0.717) is 39.4 Å². The number of piperidine rings is 1. The topological polar surface area (TPSA) is 45.7 Å².